The molecule has 11 heteroatoms. The molecule has 4 heterocycles. The monoisotopic (exact) mass is 445 g/mol. The number of piperidine rings is 1. The Hall–Kier alpha value is -3.14. The predicted molar refractivity (Wildman–Crippen MR) is 110 cm³/mol. The molecule has 0 atom stereocenters. The molecular weight excluding hydrogens is 428 g/mol. The molecule has 0 aliphatic carbocycles. The summed E-state index contributed by atoms with van der Waals surface area (Å²) in [7, 11) is 0. The van der Waals surface area contributed by atoms with Crippen LogP contribution in [0.2, 0.25) is 5.15 Å². The highest BCUT2D eigenvalue weighted by molar-refractivity contribution is 6.33. The van der Waals surface area contributed by atoms with Crippen LogP contribution < -0.4 is 4.90 Å². The van der Waals surface area contributed by atoms with Crippen molar-refractivity contribution in [3.8, 4) is 22.5 Å². The minimum Gasteiger partial charge on any atom is -0.356 e. The van der Waals surface area contributed by atoms with Gasteiger partial charge in [0.05, 0.1) is 11.1 Å². The van der Waals surface area contributed by atoms with Crippen molar-refractivity contribution in [2.75, 3.05) is 18.0 Å². The lowest BCUT2D eigenvalue weighted by Gasteiger charge is -2.33. The second kappa shape index (κ2) is 7.52. The number of fused-ring (bicyclic) bond motifs is 1. The maximum Gasteiger partial charge on any atom is 0.255 e. The normalized spacial score (nSPS) is 15.2. The number of anilines is 1. The van der Waals surface area contributed by atoms with Gasteiger partial charge in [-0.25, -0.2) is 8.78 Å². The fourth-order valence-corrected chi connectivity index (χ4v) is 4.14. The van der Waals surface area contributed by atoms with E-state index in [2.05, 4.69) is 32.1 Å². The van der Waals surface area contributed by atoms with E-state index in [-0.39, 0.29) is 33.4 Å². The van der Waals surface area contributed by atoms with Gasteiger partial charge in [0, 0.05) is 25.6 Å². The summed E-state index contributed by atoms with van der Waals surface area (Å²) >= 11 is 6.46. The lowest BCUT2D eigenvalue weighted by atomic mass is 9.98. The highest BCUT2D eigenvalue weighted by Crippen LogP contribution is 2.41. The van der Waals surface area contributed by atoms with Gasteiger partial charge in [-0.05, 0) is 30.9 Å². The smallest absolute Gasteiger partial charge is 0.255 e. The first kappa shape index (κ1) is 19.8. The Morgan fingerprint density at radius 3 is 2.45 bits per heavy atom. The van der Waals surface area contributed by atoms with Crippen LogP contribution in [0.3, 0.4) is 0 Å². The van der Waals surface area contributed by atoms with E-state index in [0.29, 0.717) is 30.7 Å². The lowest BCUT2D eigenvalue weighted by molar-refractivity contribution is 0.394. The number of halogens is 3. The summed E-state index contributed by atoms with van der Waals surface area (Å²) in [4.78, 5) is 14.4. The van der Waals surface area contributed by atoms with Gasteiger partial charge in [0.25, 0.3) is 5.78 Å². The molecule has 0 N–H and O–H groups in total. The molecule has 8 nitrogen and oxygen atoms in total. The molecule has 4 aromatic rings. The van der Waals surface area contributed by atoms with E-state index in [1.54, 1.807) is 6.92 Å². The Bertz CT molecular complexity index is 1260. The second-order valence-corrected chi connectivity index (χ2v) is 8.05. The van der Waals surface area contributed by atoms with Gasteiger partial charge in [0.15, 0.2) is 0 Å². The molecule has 1 fully saturated rings. The molecule has 0 amide bonds. The maximum atomic E-state index is 15.3. The van der Waals surface area contributed by atoms with E-state index >= 15 is 8.78 Å². The largest absolute Gasteiger partial charge is 0.356 e. The first-order valence-electron chi connectivity index (χ1n) is 9.86. The van der Waals surface area contributed by atoms with E-state index in [9.17, 15) is 0 Å². The van der Waals surface area contributed by atoms with E-state index in [4.69, 9.17) is 16.1 Å². The third kappa shape index (κ3) is 3.40. The van der Waals surface area contributed by atoms with Crippen LogP contribution in [0.1, 0.15) is 25.7 Å². The number of benzene rings is 1. The van der Waals surface area contributed by atoms with Gasteiger partial charge in [0.2, 0.25) is 11.7 Å². The summed E-state index contributed by atoms with van der Waals surface area (Å²) in [5.41, 5.74) is 0.0161. The van der Waals surface area contributed by atoms with Crippen molar-refractivity contribution in [1.82, 2.24) is 29.7 Å². The zero-order valence-corrected chi connectivity index (χ0v) is 17.6. The summed E-state index contributed by atoms with van der Waals surface area (Å²) in [5.74, 6) is 0.0739. The Labute approximate surface area is 180 Å². The second-order valence-electron chi connectivity index (χ2n) is 7.69. The number of aromatic nitrogens is 6. The predicted octanol–water partition coefficient (Wildman–Crippen LogP) is 4.32. The van der Waals surface area contributed by atoms with Crippen molar-refractivity contribution in [3.63, 3.8) is 0 Å². The van der Waals surface area contributed by atoms with Crippen LogP contribution in [-0.4, -0.2) is 42.8 Å². The Morgan fingerprint density at radius 2 is 1.81 bits per heavy atom. The number of hydrogen-bond donors (Lipinski definition) is 0. The van der Waals surface area contributed by atoms with E-state index in [1.807, 2.05) is 4.90 Å². The summed E-state index contributed by atoms with van der Waals surface area (Å²) in [6.45, 7) is 5.18. The standard InChI is InChI=1S/C20H18ClF2N7O/c1-10-3-5-29(6-4-10)19-16(17(21)27-20-24-9-25-30(19)20)15-13(22)7-12(8-14(15)23)18-26-11(2)31-28-18/h7-10H,3-6H2,1-2H3. The van der Waals surface area contributed by atoms with E-state index in [1.165, 1.54) is 10.8 Å². The summed E-state index contributed by atoms with van der Waals surface area (Å²) < 4.78 is 37.1. The first-order chi connectivity index (χ1) is 14.9. The van der Waals surface area contributed by atoms with Gasteiger partial charge in [0.1, 0.15) is 28.9 Å². The van der Waals surface area contributed by atoms with Crippen molar-refractivity contribution < 1.29 is 13.3 Å². The molecule has 1 aliphatic heterocycles. The van der Waals surface area contributed by atoms with Crippen LogP contribution in [0, 0.1) is 24.5 Å². The van der Waals surface area contributed by atoms with Gasteiger partial charge in [-0.15, -0.1) is 0 Å². The van der Waals surface area contributed by atoms with Crippen molar-refractivity contribution >= 4 is 23.2 Å². The number of nitrogens with zero attached hydrogens (tertiary/aromatic N) is 7. The molecular formula is C20H18ClF2N7O. The molecule has 0 unspecified atom stereocenters. The molecule has 0 spiro atoms. The molecule has 3 aromatic heterocycles. The van der Waals surface area contributed by atoms with Crippen molar-refractivity contribution in [2.45, 2.75) is 26.7 Å². The Balaban J connectivity index is 1.71. The number of hydrogen-bond acceptors (Lipinski definition) is 7. The highest BCUT2D eigenvalue weighted by atomic mass is 35.5. The van der Waals surface area contributed by atoms with Crippen LogP contribution >= 0.6 is 11.6 Å². The minimum atomic E-state index is -0.813. The van der Waals surface area contributed by atoms with Crippen molar-refractivity contribution in [2.24, 2.45) is 5.92 Å². The molecule has 0 saturated carbocycles. The molecule has 31 heavy (non-hydrogen) atoms. The van der Waals surface area contributed by atoms with Crippen LogP contribution in [0.15, 0.2) is 23.0 Å². The molecule has 1 aromatic carbocycles. The third-order valence-corrected chi connectivity index (χ3v) is 5.79. The zero-order valence-electron chi connectivity index (χ0n) is 16.8. The fourth-order valence-electron chi connectivity index (χ4n) is 3.89. The van der Waals surface area contributed by atoms with Crippen molar-refractivity contribution in [1.29, 1.82) is 0 Å². The van der Waals surface area contributed by atoms with Crippen LogP contribution in [0.4, 0.5) is 14.6 Å². The van der Waals surface area contributed by atoms with E-state index < -0.39 is 11.6 Å². The summed E-state index contributed by atoms with van der Waals surface area (Å²) in [5, 5.41) is 7.92. The van der Waals surface area contributed by atoms with Gasteiger partial charge in [-0.1, -0.05) is 23.7 Å². The first-order valence-corrected chi connectivity index (χ1v) is 10.2. The third-order valence-electron chi connectivity index (χ3n) is 5.52. The Morgan fingerprint density at radius 1 is 1.10 bits per heavy atom. The highest BCUT2D eigenvalue weighted by Gasteiger charge is 2.29. The molecule has 0 radical (unpaired) electrons. The lowest BCUT2D eigenvalue weighted by Crippen LogP contribution is -2.35. The number of rotatable bonds is 3. The van der Waals surface area contributed by atoms with Gasteiger partial charge < -0.3 is 9.42 Å². The quantitative estimate of drug-likeness (QED) is 0.434. The Kier molecular flexibility index (Phi) is 4.81. The van der Waals surface area contributed by atoms with Gasteiger partial charge >= 0.3 is 0 Å². The SMILES string of the molecule is Cc1nc(-c2cc(F)c(-c3c(Cl)nc4ncnn4c3N3CCC(C)CC3)c(F)c2)no1. The molecule has 0 bridgehead atoms. The maximum absolute atomic E-state index is 15.3. The van der Waals surface area contributed by atoms with Crippen LogP contribution in [-0.2, 0) is 0 Å². The fraction of sp³-hybridized carbons (Fsp3) is 0.350. The van der Waals surface area contributed by atoms with Gasteiger partial charge in [-0.2, -0.15) is 24.6 Å². The van der Waals surface area contributed by atoms with E-state index in [0.717, 1.165) is 25.0 Å². The minimum absolute atomic E-state index is 0.0462. The average Bonchev–Trinajstić information content (AvgIpc) is 3.37. The van der Waals surface area contributed by atoms with Crippen LogP contribution in [0.5, 0.6) is 0 Å². The summed E-state index contributed by atoms with van der Waals surface area (Å²) in [6.07, 6.45) is 3.22. The summed E-state index contributed by atoms with van der Waals surface area (Å²) in [6, 6.07) is 2.32. The number of aryl methyl sites for hydroxylation is 1. The topological polar surface area (TPSA) is 85.2 Å². The molecule has 1 aliphatic rings. The average molecular weight is 446 g/mol. The van der Waals surface area contributed by atoms with Gasteiger partial charge in [-0.3, -0.25) is 0 Å². The van der Waals surface area contributed by atoms with Crippen molar-refractivity contribution in [3.05, 3.63) is 41.1 Å². The van der Waals surface area contributed by atoms with Crippen LogP contribution in [0.25, 0.3) is 28.3 Å². The molecule has 5 rings (SSSR count). The molecule has 160 valence electrons. The zero-order chi connectivity index (χ0) is 21.7. The molecule has 1 saturated heterocycles.